The van der Waals surface area contributed by atoms with Crippen molar-refractivity contribution in [3.8, 4) is 0 Å². The van der Waals surface area contributed by atoms with Crippen molar-refractivity contribution in [1.29, 1.82) is 0 Å². The second kappa shape index (κ2) is 10.2. The Bertz CT molecular complexity index is 787. The van der Waals surface area contributed by atoms with Gasteiger partial charge in [-0.15, -0.1) is 11.8 Å². The van der Waals surface area contributed by atoms with E-state index in [0.717, 1.165) is 16.8 Å². The first-order valence-corrected chi connectivity index (χ1v) is 10.1. The maximum absolute atomic E-state index is 12.2. The van der Waals surface area contributed by atoms with Crippen LogP contribution in [0.15, 0.2) is 58.3 Å². The van der Waals surface area contributed by atoms with E-state index in [2.05, 4.69) is 5.32 Å². The van der Waals surface area contributed by atoms with Crippen LogP contribution in [0.1, 0.15) is 6.42 Å². The lowest BCUT2D eigenvalue weighted by Crippen LogP contribution is -2.32. The summed E-state index contributed by atoms with van der Waals surface area (Å²) in [5.74, 6) is 0.548. The van der Waals surface area contributed by atoms with E-state index in [1.54, 1.807) is 38.0 Å². The van der Waals surface area contributed by atoms with Crippen molar-refractivity contribution in [2.45, 2.75) is 22.3 Å². The summed E-state index contributed by atoms with van der Waals surface area (Å²) in [4.78, 5) is 26.4. The molecule has 0 aromatic heterocycles. The third-order valence-electron chi connectivity index (χ3n) is 3.78. The van der Waals surface area contributed by atoms with Crippen molar-refractivity contribution in [2.75, 3.05) is 25.2 Å². The highest BCUT2D eigenvalue weighted by Gasteiger charge is 2.21. The van der Waals surface area contributed by atoms with E-state index in [1.807, 2.05) is 30.3 Å². The van der Waals surface area contributed by atoms with Crippen LogP contribution in [0, 0.1) is 10.1 Å². The number of nitrogens with one attached hydrogen (secondary N) is 1. The predicted molar refractivity (Wildman–Crippen MR) is 111 cm³/mol. The largest absolute Gasteiger partial charge is 0.375 e. The van der Waals surface area contributed by atoms with E-state index in [4.69, 9.17) is 5.14 Å². The van der Waals surface area contributed by atoms with E-state index < -0.39 is 4.92 Å². The molecule has 7 nitrogen and oxygen atoms in total. The lowest BCUT2D eigenvalue weighted by Gasteiger charge is -2.21. The van der Waals surface area contributed by atoms with Gasteiger partial charge >= 0.3 is 0 Å². The minimum absolute atomic E-state index is 0.0436. The fourth-order valence-electron chi connectivity index (χ4n) is 2.34. The van der Waals surface area contributed by atoms with Crippen LogP contribution in [0.5, 0.6) is 0 Å². The number of amides is 1. The Morgan fingerprint density at radius 3 is 2.52 bits per heavy atom. The number of rotatable bonds is 9. The fourth-order valence-corrected chi connectivity index (χ4v) is 3.61. The smallest absolute Gasteiger partial charge is 0.293 e. The quantitative estimate of drug-likeness (QED) is 0.284. The highest BCUT2D eigenvalue weighted by molar-refractivity contribution is 7.99. The van der Waals surface area contributed by atoms with Crippen molar-refractivity contribution < 1.29 is 9.72 Å². The standard InChI is InChI=1S/C18H22N4O3S2/c1-21(2)18(23)10-13(12-26-14-6-4-3-5-7-14)20-16-9-8-15(27-19)11-17(16)22(24)25/h3-9,11,13,20H,10,12,19H2,1-2H3. The van der Waals surface area contributed by atoms with Crippen LogP contribution in [0.3, 0.4) is 0 Å². The molecule has 0 saturated heterocycles. The third kappa shape index (κ3) is 6.46. The van der Waals surface area contributed by atoms with Gasteiger partial charge in [0, 0.05) is 48.2 Å². The number of carbonyl (C=O) groups excluding carboxylic acids is 1. The molecule has 1 atom stereocenters. The average Bonchev–Trinajstić information content (AvgIpc) is 2.66. The lowest BCUT2D eigenvalue weighted by molar-refractivity contribution is -0.384. The first kappa shape index (κ1) is 21.1. The Kier molecular flexibility index (Phi) is 7.96. The van der Waals surface area contributed by atoms with Crippen LogP contribution in [-0.2, 0) is 4.79 Å². The number of nitro groups is 1. The number of carbonyl (C=O) groups is 1. The topological polar surface area (TPSA) is 102 Å². The van der Waals surface area contributed by atoms with E-state index in [9.17, 15) is 14.9 Å². The first-order chi connectivity index (χ1) is 12.9. The second-order valence-corrected chi connectivity index (χ2v) is 7.81. The van der Waals surface area contributed by atoms with Gasteiger partial charge in [0.15, 0.2) is 0 Å². The van der Waals surface area contributed by atoms with Gasteiger partial charge in [-0.05, 0) is 36.2 Å². The molecular weight excluding hydrogens is 384 g/mol. The summed E-state index contributed by atoms with van der Waals surface area (Å²) in [6, 6.07) is 14.3. The minimum atomic E-state index is -0.447. The van der Waals surface area contributed by atoms with Crippen molar-refractivity contribution >= 4 is 41.0 Å². The van der Waals surface area contributed by atoms with Crippen molar-refractivity contribution in [3.05, 3.63) is 58.6 Å². The van der Waals surface area contributed by atoms with Crippen LogP contribution in [0.4, 0.5) is 11.4 Å². The molecular formula is C18H22N4O3S2. The van der Waals surface area contributed by atoms with Crippen LogP contribution < -0.4 is 10.5 Å². The molecule has 2 aromatic carbocycles. The number of thioether (sulfide) groups is 1. The molecule has 0 heterocycles. The van der Waals surface area contributed by atoms with Gasteiger partial charge < -0.3 is 10.2 Å². The molecule has 0 spiro atoms. The van der Waals surface area contributed by atoms with Gasteiger partial charge in [-0.2, -0.15) is 0 Å². The summed E-state index contributed by atoms with van der Waals surface area (Å²) in [7, 11) is 3.39. The molecule has 0 radical (unpaired) electrons. The molecule has 0 saturated carbocycles. The van der Waals surface area contributed by atoms with Gasteiger partial charge in [0.05, 0.1) is 4.92 Å². The molecule has 1 unspecified atom stereocenters. The molecule has 1 amide bonds. The Labute approximate surface area is 167 Å². The number of nitrogens with two attached hydrogens (primary N) is 1. The Morgan fingerprint density at radius 2 is 1.93 bits per heavy atom. The molecule has 0 aliphatic carbocycles. The Morgan fingerprint density at radius 1 is 1.22 bits per heavy atom. The molecule has 144 valence electrons. The first-order valence-electron chi connectivity index (χ1n) is 8.20. The van der Waals surface area contributed by atoms with Crippen molar-refractivity contribution in [3.63, 3.8) is 0 Å². The highest BCUT2D eigenvalue weighted by Crippen LogP contribution is 2.30. The number of hydrogen-bond donors (Lipinski definition) is 2. The SMILES string of the molecule is CN(C)C(=O)CC(CSc1ccccc1)Nc1ccc(SN)cc1[N+](=O)[O-]. The van der Waals surface area contributed by atoms with Crippen LogP contribution in [-0.4, -0.2) is 41.6 Å². The Hall–Kier alpha value is -2.23. The minimum Gasteiger partial charge on any atom is -0.375 e. The van der Waals surface area contributed by atoms with Gasteiger partial charge in [-0.3, -0.25) is 20.0 Å². The summed E-state index contributed by atoms with van der Waals surface area (Å²) in [6.07, 6.45) is 0.234. The molecule has 9 heteroatoms. The van der Waals surface area contributed by atoms with E-state index in [-0.39, 0.29) is 24.1 Å². The lowest BCUT2D eigenvalue weighted by atomic mass is 10.2. The molecule has 0 aliphatic heterocycles. The molecule has 0 aliphatic rings. The number of hydrogen-bond acceptors (Lipinski definition) is 7. The summed E-state index contributed by atoms with van der Waals surface area (Å²) >= 11 is 2.55. The average molecular weight is 407 g/mol. The highest BCUT2D eigenvalue weighted by atomic mass is 32.2. The maximum atomic E-state index is 12.2. The normalized spacial score (nSPS) is 11.7. The number of nitro benzene ring substituents is 1. The van der Waals surface area contributed by atoms with Crippen LogP contribution in [0.2, 0.25) is 0 Å². The summed E-state index contributed by atoms with van der Waals surface area (Å²) in [5, 5.41) is 20.1. The zero-order valence-electron chi connectivity index (χ0n) is 15.1. The van der Waals surface area contributed by atoms with Gasteiger partial charge in [-0.1, -0.05) is 18.2 Å². The predicted octanol–water partition coefficient (Wildman–Crippen LogP) is 3.61. The molecule has 3 N–H and O–H groups in total. The van der Waals surface area contributed by atoms with Crippen LogP contribution >= 0.6 is 23.7 Å². The zero-order valence-corrected chi connectivity index (χ0v) is 16.8. The summed E-state index contributed by atoms with van der Waals surface area (Å²) in [5.41, 5.74) is 0.320. The summed E-state index contributed by atoms with van der Waals surface area (Å²) < 4.78 is 0. The molecule has 2 aromatic rings. The van der Waals surface area contributed by atoms with Gasteiger partial charge in [0.2, 0.25) is 5.91 Å². The van der Waals surface area contributed by atoms with Crippen molar-refractivity contribution in [1.82, 2.24) is 4.90 Å². The van der Waals surface area contributed by atoms with E-state index in [0.29, 0.717) is 16.3 Å². The second-order valence-electron chi connectivity index (χ2n) is 6.01. The maximum Gasteiger partial charge on any atom is 0.293 e. The van der Waals surface area contributed by atoms with Gasteiger partial charge in [0.25, 0.3) is 5.69 Å². The molecule has 0 bridgehead atoms. The zero-order chi connectivity index (χ0) is 19.8. The Balaban J connectivity index is 2.20. The van der Waals surface area contributed by atoms with Crippen molar-refractivity contribution in [2.24, 2.45) is 5.14 Å². The van der Waals surface area contributed by atoms with E-state index >= 15 is 0 Å². The third-order valence-corrected chi connectivity index (χ3v) is 5.48. The molecule has 2 rings (SSSR count). The van der Waals surface area contributed by atoms with Gasteiger partial charge in [0.1, 0.15) is 5.69 Å². The molecule has 0 fully saturated rings. The monoisotopic (exact) mass is 406 g/mol. The molecule has 27 heavy (non-hydrogen) atoms. The number of benzene rings is 2. The van der Waals surface area contributed by atoms with Crippen LogP contribution in [0.25, 0.3) is 0 Å². The number of nitrogens with zero attached hydrogens (tertiary/aromatic N) is 2. The summed E-state index contributed by atoms with van der Waals surface area (Å²) in [6.45, 7) is 0. The number of anilines is 1. The fraction of sp³-hybridized carbons (Fsp3) is 0.278. The van der Waals surface area contributed by atoms with E-state index in [1.165, 1.54) is 11.0 Å². The van der Waals surface area contributed by atoms with Gasteiger partial charge in [-0.25, -0.2) is 0 Å².